The van der Waals surface area contributed by atoms with Crippen LogP contribution in [-0.4, -0.2) is 33.4 Å². The third-order valence-electron chi connectivity index (χ3n) is 2.87. The van der Waals surface area contributed by atoms with E-state index >= 15 is 0 Å². The van der Waals surface area contributed by atoms with E-state index in [1.807, 2.05) is 35.0 Å². The molecule has 8 nitrogen and oxygen atoms in total. The zero-order valence-corrected chi connectivity index (χ0v) is 15.1. The summed E-state index contributed by atoms with van der Waals surface area (Å²) in [5.74, 6) is 0.578. The quantitative estimate of drug-likeness (QED) is 0.330. The Morgan fingerprint density at radius 2 is 1.48 bits per heavy atom. The minimum Gasteiger partial charge on any atom is -0.508 e. The molecule has 0 bridgehead atoms. The lowest BCUT2D eigenvalue weighted by atomic mass is 10.1. The molecule has 1 unspecified atom stereocenters. The van der Waals surface area contributed by atoms with Crippen LogP contribution in [0.5, 0.6) is 17.2 Å². The molecule has 0 aliphatic carbocycles. The molecule has 0 saturated carbocycles. The molecule has 6 N–H and O–H groups in total. The Balaban J connectivity index is 0.000000705. The van der Waals surface area contributed by atoms with Gasteiger partial charge in [-0.15, -0.1) is 0 Å². The predicted molar refractivity (Wildman–Crippen MR) is 99.1 cm³/mol. The number of phenolic OH excluding ortho intramolecular Hbond substituents is 1. The number of carboxylic acid groups (broad SMARTS) is 2. The number of nitrogens with one attached hydrogen (secondary N) is 1. The van der Waals surface area contributed by atoms with Crippen LogP contribution in [0.15, 0.2) is 48.5 Å². The number of benzene rings is 2. The van der Waals surface area contributed by atoms with Gasteiger partial charge < -0.3 is 25.8 Å². The normalized spacial score (nSPS) is 10.9. The molecule has 1 amide bonds. The Morgan fingerprint density at radius 3 is 1.88 bits per heavy atom. The zero-order valence-electron chi connectivity index (χ0n) is 12.9. The fraction of sp³-hybridized carbons (Fsp3) is 0.125. The van der Waals surface area contributed by atoms with Crippen LogP contribution in [0.2, 0.25) is 0 Å². The lowest BCUT2D eigenvalue weighted by Crippen LogP contribution is -2.32. The Labute approximate surface area is 157 Å². The highest BCUT2D eigenvalue weighted by atomic mass is 127. The largest absolute Gasteiger partial charge is 0.508 e. The van der Waals surface area contributed by atoms with Crippen molar-refractivity contribution >= 4 is 34.9 Å². The molecule has 9 heteroatoms. The first-order chi connectivity index (χ1) is 11.8. The topological polar surface area (TPSA) is 142 Å². The number of aliphatic carboxylic acids is 1. The number of aromatic hydroxyl groups is 1. The van der Waals surface area contributed by atoms with Crippen LogP contribution in [0.1, 0.15) is 5.56 Å². The van der Waals surface area contributed by atoms with Crippen LogP contribution in [0.25, 0.3) is 0 Å². The minimum absolute atomic E-state index is 0.184. The second-order valence-corrected chi connectivity index (χ2v) is 5.41. The number of rotatable bonds is 6. The summed E-state index contributed by atoms with van der Waals surface area (Å²) < 4.78 is 8.35. The number of carbonyl (C=O) groups is 2. The third kappa shape index (κ3) is 8.22. The van der Waals surface area contributed by atoms with Gasteiger partial charge in [-0.3, -0.25) is 4.79 Å². The fourth-order valence-electron chi connectivity index (χ4n) is 1.75. The molecule has 2 aromatic rings. The van der Waals surface area contributed by atoms with Gasteiger partial charge in [-0.2, -0.15) is 0 Å². The number of hydrogen-bond acceptors (Lipinski definition) is 5. The number of halogens is 1. The maximum Gasteiger partial charge on any atom is 0.402 e. The molecule has 134 valence electrons. The molecule has 2 rings (SSSR count). The number of primary amides is 1. The molecule has 0 saturated heterocycles. The number of ether oxygens (including phenoxy) is 1. The maximum atomic E-state index is 11.0. The number of hydrogen-bond donors (Lipinski definition) is 5. The first kappa shape index (κ1) is 20.5. The average Bonchev–Trinajstić information content (AvgIpc) is 2.55. The molecule has 0 spiro atoms. The highest BCUT2D eigenvalue weighted by Gasteiger charge is 2.15. The van der Waals surface area contributed by atoms with Crippen molar-refractivity contribution in [2.75, 3.05) is 0 Å². The minimum atomic E-state index is -1.33. The molecular weight excluding hydrogens is 443 g/mol. The van der Waals surface area contributed by atoms with E-state index in [0.29, 0.717) is 17.9 Å². The van der Waals surface area contributed by atoms with Crippen molar-refractivity contribution in [3.05, 3.63) is 54.1 Å². The molecule has 0 radical (unpaired) electrons. The van der Waals surface area contributed by atoms with Crippen molar-refractivity contribution < 1.29 is 29.6 Å². The summed E-state index contributed by atoms with van der Waals surface area (Å²) in [7, 11) is 0. The smallest absolute Gasteiger partial charge is 0.402 e. The first-order valence-electron chi connectivity index (χ1n) is 6.95. The van der Waals surface area contributed by atoms with Crippen molar-refractivity contribution in [1.29, 1.82) is 0 Å². The van der Waals surface area contributed by atoms with Crippen LogP contribution >= 0.6 is 22.9 Å². The van der Waals surface area contributed by atoms with E-state index in [-0.39, 0.29) is 5.75 Å². The SMILES string of the molecule is NC(=O)O.O=C(O)C(Cc1ccc(Oc2ccc(O)cc2)cc1)NI. The van der Waals surface area contributed by atoms with Gasteiger partial charge in [0.25, 0.3) is 0 Å². The van der Waals surface area contributed by atoms with Crippen molar-refractivity contribution in [2.45, 2.75) is 12.5 Å². The second-order valence-electron chi connectivity index (χ2n) is 4.78. The van der Waals surface area contributed by atoms with E-state index < -0.39 is 18.1 Å². The summed E-state index contributed by atoms with van der Waals surface area (Å²) >= 11 is 1.84. The van der Waals surface area contributed by atoms with Gasteiger partial charge in [-0.05, 0) is 48.4 Å². The van der Waals surface area contributed by atoms with E-state index in [1.165, 1.54) is 0 Å². The molecule has 0 heterocycles. The monoisotopic (exact) mass is 460 g/mol. The van der Waals surface area contributed by atoms with E-state index in [1.54, 1.807) is 36.4 Å². The van der Waals surface area contributed by atoms with Crippen LogP contribution in [0.4, 0.5) is 4.79 Å². The van der Waals surface area contributed by atoms with Crippen molar-refractivity contribution in [3.8, 4) is 17.2 Å². The van der Waals surface area contributed by atoms with Crippen LogP contribution in [0.3, 0.4) is 0 Å². The van der Waals surface area contributed by atoms with Gasteiger partial charge in [0.1, 0.15) is 23.3 Å². The van der Waals surface area contributed by atoms with Crippen molar-refractivity contribution in [2.24, 2.45) is 5.73 Å². The summed E-state index contributed by atoms with van der Waals surface area (Å²) in [5.41, 5.74) is 4.93. The van der Waals surface area contributed by atoms with E-state index in [0.717, 1.165) is 5.56 Å². The van der Waals surface area contributed by atoms with Gasteiger partial charge in [-0.25, -0.2) is 8.32 Å². The van der Waals surface area contributed by atoms with E-state index in [2.05, 4.69) is 9.26 Å². The second kappa shape index (κ2) is 10.4. The van der Waals surface area contributed by atoms with Gasteiger partial charge in [0.05, 0.1) is 0 Å². The molecule has 2 aromatic carbocycles. The van der Waals surface area contributed by atoms with Crippen molar-refractivity contribution in [3.63, 3.8) is 0 Å². The van der Waals surface area contributed by atoms with E-state index in [9.17, 15) is 9.90 Å². The lowest BCUT2D eigenvalue weighted by Gasteiger charge is -2.11. The Hall–Kier alpha value is -2.53. The molecule has 1 atom stereocenters. The summed E-state index contributed by atoms with van der Waals surface area (Å²) in [5, 5.41) is 25.4. The molecular formula is C16H17IN2O6. The highest BCUT2D eigenvalue weighted by Crippen LogP contribution is 2.23. The molecule has 0 fully saturated rings. The number of phenols is 1. The van der Waals surface area contributed by atoms with Gasteiger partial charge in [0, 0.05) is 22.9 Å². The van der Waals surface area contributed by atoms with Crippen LogP contribution in [-0.2, 0) is 11.2 Å². The highest BCUT2D eigenvalue weighted by molar-refractivity contribution is 14.1. The molecule has 25 heavy (non-hydrogen) atoms. The van der Waals surface area contributed by atoms with Gasteiger partial charge in [0.2, 0.25) is 0 Å². The van der Waals surface area contributed by atoms with Crippen LogP contribution in [0, 0.1) is 0 Å². The molecule has 0 aliphatic heterocycles. The predicted octanol–water partition coefficient (Wildman–Crippen LogP) is 2.74. The molecule has 0 aromatic heterocycles. The fourth-order valence-corrected chi connectivity index (χ4v) is 2.24. The van der Waals surface area contributed by atoms with Gasteiger partial charge in [-0.1, -0.05) is 12.1 Å². The lowest BCUT2D eigenvalue weighted by molar-refractivity contribution is -0.138. The molecule has 0 aliphatic rings. The average molecular weight is 460 g/mol. The Kier molecular flexibility index (Phi) is 8.50. The van der Waals surface area contributed by atoms with Crippen LogP contribution < -0.4 is 14.0 Å². The summed E-state index contributed by atoms with van der Waals surface area (Å²) in [6, 6.07) is 13.1. The first-order valence-corrected chi connectivity index (χ1v) is 8.03. The summed E-state index contributed by atoms with van der Waals surface area (Å²) in [6.45, 7) is 0. The Morgan fingerprint density at radius 1 is 1.04 bits per heavy atom. The van der Waals surface area contributed by atoms with Crippen molar-refractivity contribution in [1.82, 2.24) is 3.53 Å². The van der Waals surface area contributed by atoms with Gasteiger partial charge in [0.15, 0.2) is 0 Å². The van der Waals surface area contributed by atoms with E-state index in [4.69, 9.17) is 19.7 Å². The Bertz CT molecular complexity index is 687. The van der Waals surface area contributed by atoms with Gasteiger partial charge >= 0.3 is 12.1 Å². The maximum absolute atomic E-state index is 11.0. The summed E-state index contributed by atoms with van der Waals surface area (Å²) in [4.78, 5) is 19.7. The number of nitrogens with two attached hydrogens (primary N) is 1. The third-order valence-corrected chi connectivity index (χ3v) is 3.62. The number of amides is 1. The number of carboxylic acids is 1. The summed E-state index contributed by atoms with van der Waals surface area (Å²) in [6.07, 6.45) is -0.933. The standard InChI is InChI=1S/C15H14INO4.CH3NO2/c16-17-14(15(19)20)9-10-1-5-12(6-2-10)21-13-7-3-11(18)4-8-13;2-1(3)4/h1-8,14,17-18H,9H2,(H,19,20);2H2,(H,3,4). The zero-order chi connectivity index (χ0) is 18.8.